The van der Waals surface area contributed by atoms with Gasteiger partial charge in [0.25, 0.3) is 0 Å². The molecule has 0 heterocycles. The van der Waals surface area contributed by atoms with Crippen LogP contribution in [0.15, 0.2) is 11.8 Å². The van der Waals surface area contributed by atoms with E-state index in [4.69, 9.17) is 4.74 Å². The van der Waals surface area contributed by atoms with Crippen LogP contribution in [0.2, 0.25) is 0 Å². The van der Waals surface area contributed by atoms with Crippen molar-refractivity contribution in [2.24, 2.45) is 0 Å². The molecule has 0 aliphatic carbocycles. The van der Waals surface area contributed by atoms with E-state index in [2.05, 4.69) is 0 Å². The highest BCUT2D eigenvalue weighted by Crippen LogP contribution is 1.87. The van der Waals surface area contributed by atoms with Crippen LogP contribution in [0.1, 0.15) is 13.8 Å². The second-order valence-electron chi connectivity index (χ2n) is 1.10. The van der Waals surface area contributed by atoms with E-state index < -0.39 is 0 Å². The largest absolute Gasteiger partial charge is 0.502 e. The van der Waals surface area contributed by atoms with Crippen molar-refractivity contribution in [1.82, 2.24) is 0 Å². The third kappa shape index (κ3) is 1.82. The highest BCUT2D eigenvalue weighted by molar-refractivity contribution is 4.82. The number of ether oxygens (including phenoxy) is 1. The number of allylic oxidation sites excluding steroid dienone is 2. The van der Waals surface area contributed by atoms with Gasteiger partial charge in [-0.1, -0.05) is 6.08 Å². The average Bonchev–Trinajstić information content (AvgIpc) is 1.65. The van der Waals surface area contributed by atoms with Crippen LogP contribution in [0.3, 0.4) is 0 Å². The molecular weight excluding hydrogens is 76.1 g/mol. The number of hydrogen-bond donors (Lipinski definition) is 0. The van der Waals surface area contributed by atoms with Crippen LogP contribution >= 0.6 is 0 Å². The molecule has 6 heavy (non-hydrogen) atoms. The van der Waals surface area contributed by atoms with Crippen molar-refractivity contribution < 1.29 is 4.74 Å². The molecule has 0 saturated carbocycles. The van der Waals surface area contributed by atoms with Gasteiger partial charge in [-0.3, -0.25) is 0 Å². The van der Waals surface area contributed by atoms with Crippen LogP contribution in [-0.2, 0) is 4.74 Å². The summed E-state index contributed by atoms with van der Waals surface area (Å²) in [6.07, 6.45) is 1.92. The Balaban J connectivity index is 3.22. The standard InChI is InChI=1S/C5H10O/c1-4-5(2)6-3/h4H,1-3H3/b5-4-. The summed E-state index contributed by atoms with van der Waals surface area (Å²) in [6.45, 7) is 3.86. The van der Waals surface area contributed by atoms with Gasteiger partial charge in [-0.15, -0.1) is 0 Å². The van der Waals surface area contributed by atoms with Crippen LogP contribution in [-0.4, -0.2) is 7.11 Å². The van der Waals surface area contributed by atoms with Crippen molar-refractivity contribution in [2.45, 2.75) is 13.8 Å². The zero-order valence-electron chi connectivity index (χ0n) is 4.49. The summed E-state index contributed by atoms with van der Waals surface area (Å²) in [7, 11) is 1.66. The molecule has 1 heteroatoms. The van der Waals surface area contributed by atoms with Gasteiger partial charge in [0.15, 0.2) is 0 Å². The summed E-state index contributed by atoms with van der Waals surface area (Å²) in [5, 5.41) is 0. The normalized spacial score (nSPS) is 11.5. The van der Waals surface area contributed by atoms with Crippen molar-refractivity contribution in [2.75, 3.05) is 7.11 Å². The van der Waals surface area contributed by atoms with Gasteiger partial charge in [-0.2, -0.15) is 0 Å². The molecule has 0 aromatic rings. The Bertz CT molecular complexity index is 55.0. The first-order valence-electron chi connectivity index (χ1n) is 1.98. The molecule has 0 atom stereocenters. The second kappa shape index (κ2) is 2.76. The SMILES string of the molecule is C/C=C(/C)OC. The fraction of sp³-hybridized carbons (Fsp3) is 0.600. The number of rotatable bonds is 1. The Morgan fingerprint density at radius 3 is 2.17 bits per heavy atom. The van der Waals surface area contributed by atoms with E-state index >= 15 is 0 Å². The molecule has 0 fully saturated rings. The minimum Gasteiger partial charge on any atom is -0.502 e. The topological polar surface area (TPSA) is 9.23 Å². The zero-order chi connectivity index (χ0) is 4.99. The second-order valence-corrected chi connectivity index (χ2v) is 1.10. The average molecular weight is 86.1 g/mol. The summed E-state index contributed by atoms with van der Waals surface area (Å²) in [5.41, 5.74) is 0. The first kappa shape index (κ1) is 5.54. The molecule has 0 aliphatic rings. The Hall–Kier alpha value is -0.460. The highest BCUT2D eigenvalue weighted by Gasteiger charge is 1.71. The lowest BCUT2D eigenvalue weighted by Gasteiger charge is -1.91. The maximum absolute atomic E-state index is 4.76. The Labute approximate surface area is 38.6 Å². The minimum absolute atomic E-state index is 0.968. The first-order chi connectivity index (χ1) is 2.81. The predicted octanol–water partition coefficient (Wildman–Crippen LogP) is 1.56. The smallest absolute Gasteiger partial charge is 0.0882 e. The van der Waals surface area contributed by atoms with E-state index in [0.29, 0.717) is 0 Å². The van der Waals surface area contributed by atoms with Crippen molar-refractivity contribution in [3.63, 3.8) is 0 Å². The third-order valence-corrected chi connectivity index (χ3v) is 0.729. The number of methoxy groups -OCH3 is 1. The van der Waals surface area contributed by atoms with E-state index in [0.717, 1.165) is 5.76 Å². The summed E-state index contributed by atoms with van der Waals surface area (Å²) in [6, 6.07) is 0. The highest BCUT2D eigenvalue weighted by atomic mass is 16.5. The molecule has 0 rings (SSSR count). The van der Waals surface area contributed by atoms with Crippen LogP contribution in [0.4, 0.5) is 0 Å². The number of hydrogen-bond acceptors (Lipinski definition) is 1. The molecule has 0 aromatic carbocycles. The molecule has 36 valence electrons. The van der Waals surface area contributed by atoms with Crippen LogP contribution in [0.5, 0.6) is 0 Å². The van der Waals surface area contributed by atoms with Gasteiger partial charge < -0.3 is 4.74 Å². The van der Waals surface area contributed by atoms with E-state index in [1.165, 1.54) is 0 Å². The lowest BCUT2D eigenvalue weighted by atomic mass is 10.5. The van der Waals surface area contributed by atoms with E-state index in [9.17, 15) is 0 Å². The molecule has 1 nitrogen and oxygen atoms in total. The van der Waals surface area contributed by atoms with Gasteiger partial charge in [-0.05, 0) is 13.8 Å². The molecule has 0 amide bonds. The van der Waals surface area contributed by atoms with E-state index in [1.807, 2.05) is 19.9 Å². The molecule has 0 saturated heterocycles. The first-order valence-corrected chi connectivity index (χ1v) is 1.98. The quantitative estimate of drug-likeness (QED) is 0.440. The molecule has 0 bridgehead atoms. The maximum Gasteiger partial charge on any atom is 0.0882 e. The lowest BCUT2D eigenvalue weighted by molar-refractivity contribution is 0.293. The van der Waals surface area contributed by atoms with Gasteiger partial charge in [0.1, 0.15) is 0 Å². The van der Waals surface area contributed by atoms with E-state index in [-0.39, 0.29) is 0 Å². The molecule has 0 aliphatic heterocycles. The molecule has 0 radical (unpaired) electrons. The van der Waals surface area contributed by atoms with Crippen LogP contribution < -0.4 is 0 Å². The lowest BCUT2D eigenvalue weighted by Crippen LogP contribution is -1.73. The Morgan fingerprint density at radius 1 is 1.67 bits per heavy atom. The Kier molecular flexibility index (Phi) is 2.55. The summed E-state index contributed by atoms with van der Waals surface area (Å²) >= 11 is 0. The predicted molar refractivity (Wildman–Crippen MR) is 26.4 cm³/mol. The van der Waals surface area contributed by atoms with Gasteiger partial charge in [0.05, 0.1) is 12.9 Å². The summed E-state index contributed by atoms with van der Waals surface area (Å²) < 4.78 is 4.76. The van der Waals surface area contributed by atoms with Crippen molar-refractivity contribution >= 4 is 0 Å². The van der Waals surface area contributed by atoms with Crippen molar-refractivity contribution in [1.29, 1.82) is 0 Å². The fourth-order valence-corrected chi connectivity index (χ4v) is 0.118. The molecular formula is C5H10O. The van der Waals surface area contributed by atoms with Crippen LogP contribution in [0.25, 0.3) is 0 Å². The zero-order valence-corrected chi connectivity index (χ0v) is 4.49. The maximum atomic E-state index is 4.76. The monoisotopic (exact) mass is 86.1 g/mol. The summed E-state index contributed by atoms with van der Waals surface area (Å²) in [4.78, 5) is 0. The molecule has 0 unspecified atom stereocenters. The molecule has 0 N–H and O–H groups in total. The van der Waals surface area contributed by atoms with Crippen molar-refractivity contribution in [3.8, 4) is 0 Å². The van der Waals surface area contributed by atoms with Gasteiger partial charge in [0, 0.05) is 0 Å². The van der Waals surface area contributed by atoms with Gasteiger partial charge >= 0.3 is 0 Å². The molecule has 0 aromatic heterocycles. The fourth-order valence-electron chi connectivity index (χ4n) is 0.118. The third-order valence-electron chi connectivity index (χ3n) is 0.729. The van der Waals surface area contributed by atoms with Crippen molar-refractivity contribution in [3.05, 3.63) is 11.8 Å². The molecule has 0 spiro atoms. The van der Waals surface area contributed by atoms with Gasteiger partial charge in [0.2, 0.25) is 0 Å². The van der Waals surface area contributed by atoms with Crippen LogP contribution in [0, 0.1) is 0 Å². The van der Waals surface area contributed by atoms with Gasteiger partial charge in [-0.25, -0.2) is 0 Å². The van der Waals surface area contributed by atoms with E-state index in [1.54, 1.807) is 7.11 Å². The summed E-state index contributed by atoms with van der Waals surface area (Å²) in [5.74, 6) is 0.968. The Morgan fingerprint density at radius 2 is 2.17 bits per heavy atom. The minimum atomic E-state index is 0.968.